The molecule has 0 saturated heterocycles. The van der Waals surface area contributed by atoms with Crippen molar-refractivity contribution in [2.45, 2.75) is 45.6 Å². The van der Waals surface area contributed by atoms with Crippen LogP contribution in [0.15, 0.2) is 18.3 Å². The van der Waals surface area contributed by atoms with Gasteiger partial charge in [0.1, 0.15) is 0 Å². The number of carbonyl (C=O) groups excluding carboxylic acids is 1. The van der Waals surface area contributed by atoms with Gasteiger partial charge < -0.3 is 10.4 Å². The number of hydrogen-bond donors (Lipinski definition) is 2. The predicted octanol–water partition coefficient (Wildman–Crippen LogP) is 2.04. The summed E-state index contributed by atoms with van der Waals surface area (Å²) in [4.78, 5) is 27.6. The summed E-state index contributed by atoms with van der Waals surface area (Å²) in [5, 5.41) is 12.1. The molecule has 1 saturated carbocycles. The third kappa shape index (κ3) is 3.15. The van der Waals surface area contributed by atoms with E-state index >= 15 is 0 Å². The molecule has 1 fully saturated rings. The maximum absolute atomic E-state index is 12.0. The highest BCUT2D eigenvalue weighted by Gasteiger charge is 2.42. The van der Waals surface area contributed by atoms with E-state index in [2.05, 4.69) is 10.3 Å². The number of aryl methyl sites for hydroxylation is 1. The Kier molecular flexibility index (Phi) is 4.37. The summed E-state index contributed by atoms with van der Waals surface area (Å²) >= 11 is 0. The molecule has 0 radical (unpaired) electrons. The number of carbonyl (C=O) groups is 2. The van der Waals surface area contributed by atoms with Gasteiger partial charge in [0, 0.05) is 12.6 Å². The Hall–Kier alpha value is -1.91. The maximum Gasteiger partial charge on any atom is 0.310 e. The molecule has 1 aliphatic rings. The van der Waals surface area contributed by atoms with Crippen molar-refractivity contribution in [3.63, 3.8) is 0 Å². The van der Waals surface area contributed by atoms with E-state index in [0.29, 0.717) is 19.4 Å². The van der Waals surface area contributed by atoms with Gasteiger partial charge in [-0.15, -0.1) is 0 Å². The highest BCUT2D eigenvalue weighted by molar-refractivity contribution is 5.85. The van der Waals surface area contributed by atoms with Crippen molar-refractivity contribution in [3.05, 3.63) is 29.6 Å². The molecule has 108 valence electrons. The number of rotatable bonds is 5. The normalized spacial score (nSPS) is 16.9. The van der Waals surface area contributed by atoms with Gasteiger partial charge in [-0.1, -0.05) is 18.9 Å². The Morgan fingerprint density at radius 1 is 1.40 bits per heavy atom. The Labute approximate surface area is 118 Å². The molecule has 1 aromatic rings. The average molecular weight is 276 g/mol. The first-order valence-corrected chi connectivity index (χ1v) is 6.94. The molecule has 1 aliphatic carbocycles. The van der Waals surface area contributed by atoms with Crippen LogP contribution in [0.4, 0.5) is 0 Å². The lowest BCUT2D eigenvalue weighted by molar-refractivity contribution is -0.151. The average Bonchev–Trinajstić information content (AvgIpc) is 2.88. The number of aromatic nitrogens is 1. The summed E-state index contributed by atoms with van der Waals surface area (Å²) in [5.41, 5.74) is 0.974. The molecule has 1 heterocycles. The molecule has 1 amide bonds. The van der Waals surface area contributed by atoms with Crippen molar-refractivity contribution in [2.24, 2.45) is 5.41 Å². The summed E-state index contributed by atoms with van der Waals surface area (Å²) in [6.45, 7) is 2.28. The van der Waals surface area contributed by atoms with Gasteiger partial charge in [-0.3, -0.25) is 14.6 Å². The fourth-order valence-electron chi connectivity index (χ4n) is 2.77. The van der Waals surface area contributed by atoms with Crippen molar-refractivity contribution in [1.82, 2.24) is 10.3 Å². The van der Waals surface area contributed by atoms with Gasteiger partial charge in [-0.25, -0.2) is 0 Å². The molecule has 2 rings (SSSR count). The zero-order valence-corrected chi connectivity index (χ0v) is 11.7. The van der Waals surface area contributed by atoms with Crippen molar-refractivity contribution in [1.29, 1.82) is 0 Å². The number of pyridine rings is 1. The van der Waals surface area contributed by atoms with Crippen molar-refractivity contribution >= 4 is 11.9 Å². The molecule has 0 spiro atoms. The quantitative estimate of drug-likeness (QED) is 0.862. The largest absolute Gasteiger partial charge is 0.481 e. The molecule has 20 heavy (non-hydrogen) atoms. The van der Waals surface area contributed by atoms with Crippen LogP contribution in [-0.2, 0) is 16.1 Å². The second kappa shape index (κ2) is 6.03. The lowest BCUT2D eigenvalue weighted by Gasteiger charge is -2.22. The fourth-order valence-corrected chi connectivity index (χ4v) is 2.77. The number of carboxylic acids is 1. The molecule has 0 bridgehead atoms. The number of nitrogens with zero attached hydrogens (tertiary/aromatic N) is 1. The number of hydrogen-bond acceptors (Lipinski definition) is 3. The van der Waals surface area contributed by atoms with Crippen LogP contribution in [0.3, 0.4) is 0 Å². The zero-order chi connectivity index (χ0) is 14.6. The summed E-state index contributed by atoms with van der Waals surface area (Å²) in [6, 6.07) is 3.78. The van der Waals surface area contributed by atoms with Crippen molar-refractivity contribution in [2.75, 3.05) is 0 Å². The second-order valence-corrected chi connectivity index (χ2v) is 5.51. The van der Waals surface area contributed by atoms with E-state index in [1.807, 2.05) is 19.1 Å². The first kappa shape index (κ1) is 14.5. The molecule has 2 N–H and O–H groups in total. The molecular weight excluding hydrogens is 256 g/mol. The van der Waals surface area contributed by atoms with E-state index in [9.17, 15) is 14.7 Å². The van der Waals surface area contributed by atoms with Gasteiger partial charge >= 0.3 is 5.97 Å². The van der Waals surface area contributed by atoms with Crippen LogP contribution in [0.1, 0.15) is 43.4 Å². The molecule has 1 aromatic heterocycles. The van der Waals surface area contributed by atoms with E-state index < -0.39 is 11.4 Å². The van der Waals surface area contributed by atoms with Crippen LogP contribution >= 0.6 is 0 Å². The molecule has 0 unspecified atom stereocenters. The highest BCUT2D eigenvalue weighted by Crippen LogP contribution is 2.41. The number of nitrogens with one attached hydrogen (secondary N) is 1. The minimum atomic E-state index is -0.858. The van der Waals surface area contributed by atoms with E-state index in [1.54, 1.807) is 6.20 Å². The smallest absolute Gasteiger partial charge is 0.310 e. The second-order valence-electron chi connectivity index (χ2n) is 5.51. The SMILES string of the molecule is Cc1cccnc1CNC(=O)CC1(C(=O)O)CCCC1. The molecule has 0 atom stereocenters. The molecule has 0 aliphatic heterocycles. The Balaban J connectivity index is 1.92. The van der Waals surface area contributed by atoms with E-state index in [0.717, 1.165) is 24.1 Å². The van der Waals surface area contributed by atoms with Crippen molar-refractivity contribution in [3.8, 4) is 0 Å². The number of aliphatic carboxylic acids is 1. The predicted molar refractivity (Wildman–Crippen MR) is 74.0 cm³/mol. The topological polar surface area (TPSA) is 79.3 Å². The standard InChI is InChI=1S/C15H20N2O3/c1-11-5-4-8-16-12(11)10-17-13(18)9-15(14(19)20)6-2-3-7-15/h4-5,8H,2-3,6-7,9-10H2,1H3,(H,17,18)(H,19,20). The first-order valence-electron chi connectivity index (χ1n) is 6.94. The summed E-state index contributed by atoms with van der Waals surface area (Å²) in [6.07, 6.45) is 4.72. The minimum Gasteiger partial charge on any atom is -0.481 e. The van der Waals surface area contributed by atoms with Gasteiger partial charge in [-0.2, -0.15) is 0 Å². The van der Waals surface area contributed by atoms with E-state index in [-0.39, 0.29) is 12.3 Å². The summed E-state index contributed by atoms with van der Waals surface area (Å²) in [5.74, 6) is -1.06. The van der Waals surface area contributed by atoms with Crippen LogP contribution in [0.25, 0.3) is 0 Å². The molecule has 0 aromatic carbocycles. The lowest BCUT2D eigenvalue weighted by atomic mass is 9.82. The highest BCUT2D eigenvalue weighted by atomic mass is 16.4. The third-order valence-corrected chi connectivity index (χ3v) is 4.08. The molecule has 5 heteroatoms. The lowest BCUT2D eigenvalue weighted by Crippen LogP contribution is -2.35. The van der Waals surface area contributed by atoms with Crippen LogP contribution in [0.5, 0.6) is 0 Å². The van der Waals surface area contributed by atoms with E-state index in [1.165, 1.54) is 0 Å². The van der Waals surface area contributed by atoms with Crippen LogP contribution in [-0.4, -0.2) is 22.0 Å². The Morgan fingerprint density at radius 2 is 2.10 bits per heavy atom. The van der Waals surface area contributed by atoms with Gasteiger partial charge in [0.05, 0.1) is 17.7 Å². The van der Waals surface area contributed by atoms with Gasteiger partial charge in [0.25, 0.3) is 0 Å². The minimum absolute atomic E-state index is 0.0637. The molecule has 5 nitrogen and oxygen atoms in total. The zero-order valence-electron chi connectivity index (χ0n) is 11.7. The number of amides is 1. The summed E-state index contributed by atoms with van der Waals surface area (Å²) < 4.78 is 0. The van der Waals surface area contributed by atoms with Gasteiger partial charge in [-0.05, 0) is 31.4 Å². The van der Waals surface area contributed by atoms with Crippen LogP contribution in [0.2, 0.25) is 0 Å². The monoisotopic (exact) mass is 276 g/mol. The maximum atomic E-state index is 12.0. The van der Waals surface area contributed by atoms with E-state index in [4.69, 9.17) is 0 Å². The number of carboxylic acid groups (broad SMARTS) is 1. The fraction of sp³-hybridized carbons (Fsp3) is 0.533. The summed E-state index contributed by atoms with van der Waals surface area (Å²) in [7, 11) is 0. The Morgan fingerprint density at radius 3 is 2.70 bits per heavy atom. The van der Waals surface area contributed by atoms with Gasteiger partial charge in [0.15, 0.2) is 0 Å². The molecular formula is C15H20N2O3. The third-order valence-electron chi connectivity index (χ3n) is 4.08. The van der Waals surface area contributed by atoms with Crippen LogP contribution < -0.4 is 5.32 Å². The first-order chi connectivity index (χ1) is 9.53. The Bertz CT molecular complexity index is 508. The van der Waals surface area contributed by atoms with Crippen molar-refractivity contribution < 1.29 is 14.7 Å². The van der Waals surface area contributed by atoms with Crippen LogP contribution in [0, 0.1) is 12.3 Å². The van der Waals surface area contributed by atoms with Gasteiger partial charge in [0.2, 0.25) is 5.91 Å².